The van der Waals surface area contributed by atoms with Gasteiger partial charge in [-0.15, -0.1) is 0 Å². The lowest BCUT2D eigenvalue weighted by atomic mass is 10.3. The Bertz CT molecular complexity index is 189. The van der Waals surface area contributed by atoms with Crippen LogP contribution in [0.15, 0.2) is 16.6 Å². The highest BCUT2D eigenvalue weighted by Gasteiger charge is 1.99. The molecule has 0 radical (unpaired) electrons. The molecular formula is C6H11N3O. The molecule has 0 aliphatic rings. The summed E-state index contributed by atoms with van der Waals surface area (Å²) in [4.78, 5) is 14.1. The molecule has 0 aliphatic heterocycles. The third kappa shape index (κ3) is 2.86. The Morgan fingerprint density at radius 3 is 2.30 bits per heavy atom. The third-order valence-corrected chi connectivity index (χ3v) is 1.00. The summed E-state index contributed by atoms with van der Waals surface area (Å²) in [7, 11) is 0. The van der Waals surface area contributed by atoms with Crippen molar-refractivity contribution in [1.82, 2.24) is 0 Å². The second kappa shape index (κ2) is 3.66. The van der Waals surface area contributed by atoms with Crippen LogP contribution in [0.3, 0.4) is 0 Å². The van der Waals surface area contributed by atoms with Crippen LogP contribution >= 0.6 is 0 Å². The number of hydrogen-bond acceptors (Lipinski definition) is 1. The van der Waals surface area contributed by atoms with E-state index >= 15 is 0 Å². The fourth-order valence-corrected chi connectivity index (χ4v) is 0.329. The first-order valence-electron chi connectivity index (χ1n) is 2.84. The Morgan fingerprint density at radius 2 is 2.00 bits per heavy atom. The molecule has 0 aliphatic carbocycles. The highest BCUT2D eigenvalue weighted by Crippen LogP contribution is 1.93. The molecule has 0 atom stereocenters. The molecule has 0 unspecified atom stereocenters. The molecule has 0 aromatic heterocycles. The van der Waals surface area contributed by atoms with Crippen LogP contribution in [0.1, 0.15) is 13.8 Å². The topological polar surface area (TPSA) is 81.5 Å². The minimum Gasteiger partial charge on any atom is -0.370 e. The predicted molar refractivity (Wildman–Crippen MR) is 40.2 cm³/mol. The average Bonchev–Trinajstić information content (AvgIpc) is 1.85. The lowest BCUT2D eigenvalue weighted by Crippen LogP contribution is -2.24. The molecule has 0 bridgehead atoms. The molecule has 10 heavy (non-hydrogen) atoms. The summed E-state index contributed by atoms with van der Waals surface area (Å²) in [5, 5.41) is 0. The number of hydrogen-bond donors (Lipinski definition) is 2. The molecule has 0 rings (SSSR count). The van der Waals surface area contributed by atoms with Crippen molar-refractivity contribution in [2.24, 2.45) is 16.5 Å². The molecule has 4 N–H and O–H groups in total. The largest absolute Gasteiger partial charge is 0.370 e. The van der Waals surface area contributed by atoms with Gasteiger partial charge in [-0.25, -0.2) is 0 Å². The summed E-state index contributed by atoms with van der Waals surface area (Å²) >= 11 is 0. The van der Waals surface area contributed by atoms with Gasteiger partial charge in [-0.3, -0.25) is 4.79 Å². The second-order valence-corrected chi connectivity index (χ2v) is 1.81. The van der Waals surface area contributed by atoms with E-state index in [1.165, 1.54) is 0 Å². The molecule has 0 spiro atoms. The van der Waals surface area contributed by atoms with Gasteiger partial charge in [-0.2, -0.15) is 4.99 Å². The van der Waals surface area contributed by atoms with Gasteiger partial charge < -0.3 is 11.5 Å². The number of nitrogens with zero attached hydrogens (tertiary/aromatic N) is 1. The van der Waals surface area contributed by atoms with Crippen molar-refractivity contribution in [2.75, 3.05) is 0 Å². The second-order valence-electron chi connectivity index (χ2n) is 1.81. The standard InChI is InChI=1S/C6H11N3O/c1-3-4(2)5(10)9-6(7)8/h3H,1-2H3,(H4,7,8,9,10)/b4-3+. The van der Waals surface area contributed by atoms with Gasteiger partial charge >= 0.3 is 0 Å². The van der Waals surface area contributed by atoms with E-state index in [9.17, 15) is 4.79 Å². The number of allylic oxidation sites excluding steroid dienone is 1. The molecular weight excluding hydrogens is 130 g/mol. The van der Waals surface area contributed by atoms with Gasteiger partial charge in [0.05, 0.1) is 0 Å². The van der Waals surface area contributed by atoms with Gasteiger partial charge in [0, 0.05) is 5.57 Å². The zero-order chi connectivity index (χ0) is 8.15. The van der Waals surface area contributed by atoms with Gasteiger partial charge in [0.15, 0.2) is 5.96 Å². The number of carbonyl (C=O) groups is 1. The fraction of sp³-hybridized carbons (Fsp3) is 0.333. The zero-order valence-corrected chi connectivity index (χ0v) is 6.09. The first-order valence-corrected chi connectivity index (χ1v) is 2.84. The van der Waals surface area contributed by atoms with E-state index < -0.39 is 0 Å². The minimum absolute atomic E-state index is 0.203. The highest BCUT2D eigenvalue weighted by atomic mass is 16.1. The highest BCUT2D eigenvalue weighted by molar-refractivity contribution is 6.00. The summed E-state index contributed by atoms with van der Waals surface area (Å²) < 4.78 is 0. The monoisotopic (exact) mass is 141 g/mol. The van der Waals surface area contributed by atoms with Crippen LogP contribution in [-0.2, 0) is 4.79 Å². The van der Waals surface area contributed by atoms with Crippen LogP contribution < -0.4 is 11.5 Å². The quantitative estimate of drug-likeness (QED) is 0.300. The lowest BCUT2D eigenvalue weighted by Gasteiger charge is -1.91. The van der Waals surface area contributed by atoms with E-state index in [4.69, 9.17) is 11.5 Å². The maximum atomic E-state index is 10.8. The summed E-state index contributed by atoms with van der Waals surface area (Å²) in [5.41, 5.74) is 10.5. The maximum absolute atomic E-state index is 10.8. The Hall–Kier alpha value is -1.32. The van der Waals surface area contributed by atoms with Crippen LogP contribution in [0.25, 0.3) is 0 Å². The molecule has 56 valence electrons. The summed E-state index contributed by atoms with van der Waals surface area (Å²) in [5.74, 6) is -0.589. The van der Waals surface area contributed by atoms with E-state index in [1.54, 1.807) is 19.9 Å². The van der Waals surface area contributed by atoms with Crippen molar-refractivity contribution in [3.8, 4) is 0 Å². The van der Waals surface area contributed by atoms with Gasteiger partial charge in [-0.1, -0.05) is 6.08 Å². The van der Waals surface area contributed by atoms with E-state index in [2.05, 4.69) is 4.99 Å². The van der Waals surface area contributed by atoms with Crippen molar-refractivity contribution in [3.63, 3.8) is 0 Å². The Kier molecular flexibility index (Phi) is 3.17. The van der Waals surface area contributed by atoms with Crippen LogP contribution in [0, 0.1) is 0 Å². The molecule has 4 nitrogen and oxygen atoms in total. The molecule has 0 aromatic carbocycles. The van der Waals surface area contributed by atoms with Crippen LogP contribution in [0.2, 0.25) is 0 Å². The van der Waals surface area contributed by atoms with E-state index in [0.717, 1.165) is 0 Å². The van der Waals surface area contributed by atoms with Crippen molar-refractivity contribution in [3.05, 3.63) is 11.6 Å². The van der Waals surface area contributed by atoms with Crippen molar-refractivity contribution in [1.29, 1.82) is 0 Å². The summed E-state index contributed by atoms with van der Waals surface area (Å²) in [6.07, 6.45) is 1.65. The number of rotatable bonds is 1. The first-order chi connectivity index (χ1) is 4.57. The van der Waals surface area contributed by atoms with Gasteiger partial charge in [0.25, 0.3) is 5.91 Å². The number of nitrogens with two attached hydrogens (primary N) is 2. The molecule has 1 amide bonds. The van der Waals surface area contributed by atoms with Gasteiger partial charge in [0.1, 0.15) is 0 Å². The van der Waals surface area contributed by atoms with Crippen LogP contribution in [0.4, 0.5) is 0 Å². The van der Waals surface area contributed by atoms with E-state index in [0.29, 0.717) is 5.57 Å². The molecule has 0 fully saturated rings. The predicted octanol–water partition coefficient (Wildman–Crippen LogP) is -0.247. The molecule has 0 heterocycles. The van der Waals surface area contributed by atoms with Crippen LogP contribution in [0.5, 0.6) is 0 Å². The Morgan fingerprint density at radius 1 is 1.50 bits per heavy atom. The third-order valence-electron chi connectivity index (χ3n) is 1.00. The van der Waals surface area contributed by atoms with Crippen molar-refractivity contribution in [2.45, 2.75) is 13.8 Å². The first kappa shape index (κ1) is 8.68. The van der Waals surface area contributed by atoms with Gasteiger partial charge in [0.2, 0.25) is 0 Å². The number of carbonyl (C=O) groups excluding carboxylic acids is 1. The van der Waals surface area contributed by atoms with Crippen molar-refractivity contribution < 1.29 is 4.79 Å². The van der Waals surface area contributed by atoms with Gasteiger partial charge in [-0.05, 0) is 13.8 Å². The summed E-state index contributed by atoms with van der Waals surface area (Å²) in [6, 6.07) is 0. The molecule has 0 aromatic rings. The Balaban J connectivity index is 4.26. The summed E-state index contributed by atoms with van der Waals surface area (Å²) in [6.45, 7) is 3.39. The SMILES string of the molecule is C/C=C(\C)C(=O)N=C(N)N. The molecule has 4 heteroatoms. The molecule has 0 saturated heterocycles. The maximum Gasteiger partial charge on any atom is 0.275 e. The number of amides is 1. The average molecular weight is 141 g/mol. The number of guanidine groups is 1. The van der Waals surface area contributed by atoms with E-state index in [-0.39, 0.29) is 11.9 Å². The number of aliphatic imine (C=N–C) groups is 1. The minimum atomic E-state index is -0.387. The lowest BCUT2D eigenvalue weighted by molar-refractivity contribution is -0.114. The van der Waals surface area contributed by atoms with Crippen molar-refractivity contribution >= 4 is 11.9 Å². The normalized spacial score (nSPS) is 10.8. The smallest absolute Gasteiger partial charge is 0.275 e. The Labute approximate surface area is 59.6 Å². The van der Waals surface area contributed by atoms with Crippen LogP contribution in [-0.4, -0.2) is 11.9 Å². The zero-order valence-electron chi connectivity index (χ0n) is 6.09. The van der Waals surface area contributed by atoms with E-state index in [1.807, 2.05) is 0 Å². The molecule has 0 saturated carbocycles. The fourth-order valence-electron chi connectivity index (χ4n) is 0.329.